The highest BCUT2D eigenvalue weighted by atomic mass is 35.5. The van der Waals surface area contributed by atoms with Crippen LogP contribution in [0.15, 0.2) is 71.4 Å². The van der Waals surface area contributed by atoms with Gasteiger partial charge in [-0.2, -0.15) is 0 Å². The monoisotopic (exact) mass is 541 g/mol. The number of hydrogen-bond donors (Lipinski definition) is 2. The number of nitrogens with zero attached hydrogens (tertiary/aromatic N) is 1. The fourth-order valence-electron chi connectivity index (χ4n) is 3.93. The second-order valence-electron chi connectivity index (χ2n) is 8.05. The van der Waals surface area contributed by atoms with Gasteiger partial charge in [0.2, 0.25) is 0 Å². The van der Waals surface area contributed by atoms with E-state index < -0.39 is 11.8 Å². The van der Waals surface area contributed by atoms with Gasteiger partial charge in [-0.05, 0) is 66.4 Å². The van der Waals surface area contributed by atoms with Crippen molar-refractivity contribution in [1.29, 1.82) is 0 Å². The molecule has 6 nitrogen and oxygen atoms in total. The van der Waals surface area contributed by atoms with E-state index >= 15 is 0 Å². The van der Waals surface area contributed by atoms with Crippen LogP contribution in [0.4, 0.5) is 17.1 Å². The van der Waals surface area contributed by atoms with E-state index in [-0.39, 0.29) is 27.3 Å². The van der Waals surface area contributed by atoms with Crippen LogP contribution in [-0.2, 0) is 22.4 Å². The first-order valence-corrected chi connectivity index (χ1v) is 12.4. The van der Waals surface area contributed by atoms with Crippen molar-refractivity contribution in [2.24, 2.45) is 0 Å². The fourth-order valence-corrected chi connectivity index (χ4v) is 4.51. The van der Waals surface area contributed by atoms with Gasteiger partial charge < -0.3 is 10.6 Å². The van der Waals surface area contributed by atoms with E-state index in [0.29, 0.717) is 16.3 Å². The average Bonchev–Trinajstić information content (AvgIpc) is 3.08. The number of anilines is 3. The first-order chi connectivity index (χ1) is 17.2. The number of nitrogens with one attached hydrogen (secondary N) is 2. The molecule has 1 aliphatic heterocycles. The van der Waals surface area contributed by atoms with Crippen molar-refractivity contribution in [2.75, 3.05) is 15.5 Å². The van der Waals surface area contributed by atoms with Gasteiger partial charge in [-0.15, -0.1) is 0 Å². The number of para-hydroxylation sites is 1. The Morgan fingerprint density at radius 3 is 2.11 bits per heavy atom. The van der Waals surface area contributed by atoms with Crippen molar-refractivity contribution in [3.63, 3.8) is 0 Å². The highest BCUT2D eigenvalue weighted by molar-refractivity contribution is 6.54. The Hall–Kier alpha value is -3.32. The minimum absolute atomic E-state index is 0.0978. The Morgan fingerprint density at radius 2 is 1.50 bits per heavy atom. The highest BCUT2D eigenvalue weighted by Crippen LogP contribution is 2.36. The molecular formula is C27H22Cl3N3O3. The fraction of sp³-hybridized carbons (Fsp3) is 0.148. The molecule has 0 saturated heterocycles. The van der Waals surface area contributed by atoms with Crippen molar-refractivity contribution >= 4 is 69.6 Å². The molecule has 0 saturated carbocycles. The summed E-state index contributed by atoms with van der Waals surface area (Å²) in [6.45, 7) is 4.09. The summed E-state index contributed by atoms with van der Waals surface area (Å²) < 4.78 is 0. The molecular weight excluding hydrogens is 521 g/mol. The van der Waals surface area contributed by atoms with Crippen molar-refractivity contribution in [1.82, 2.24) is 0 Å². The number of carbonyl (C=O) groups is 3. The van der Waals surface area contributed by atoms with Gasteiger partial charge in [0, 0.05) is 22.0 Å². The van der Waals surface area contributed by atoms with Gasteiger partial charge >= 0.3 is 0 Å². The maximum atomic E-state index is 13.0. The van der Waals surface area contributed by atoms with Crippen LogP contribution in [0.3, 0.4) is 0 Å². The van der Waals surface area contributed by atoms with E-state index in [1.54, 1.807) is 30.3 Å². The van der Waals surface area contributed by atoms with Gasteiger partial charge in [0.25, 0.3) is 17.7 Å². The maximum Gasteiger partial charge on any atom is 0.283 e. The SMILES string of the molecule is CCc1cccc(CC)c1NC(=O)c1ccc(NC2=C(Cl)C(=O)N(c3cc(Cl)ccc3Cl)C2=O)cc1. The molecule has 9 heteroatoms. The molecule has 2 N–H and O–H groups in total. The van der Waals surface area contributed by atoms with Gasteiger partial charge in [0.15, 0.2) is 0 Å². The Morgan fingerprint density at radius 1 is 0.861 bits per heavy atom. The van der Waals surface area contributed by atoms with E-state index in [9.17, 15) is 14.4 Å². The van der Waals surface area contributed by atoms with Gasteiger partial charge in [0.1, 0.15) is 10.7 Å². The molecule has 36 heavy (non-hydrogen) atoms. The number of imide groups is 1. The van der Waals surface area contributed by atoms with Crippen LogP contribution in [0.25, 0.3) is 0 Å². The zero-order chi connectivity index (χ0) is 26.0. The van der Waals surface area contributed by atoms with Crippen LogP contribution in [0, 0.1) is 0 Å². The average molecular weight is 543 g/mol. The summed E-state index contributed by atoms with van der Waals surface area (Å²) in [5.41, 5.74) is 3.92. The molecule has 3 amide bonds. The van der Waals surface area contributed by atoms with Gasteiger partial charge in [-0.3, -0.25) is 14.4 Å². The molecule has 0 aromatic heterocycles. The standard InChI is InChI=1S/C27H22Cl3N3O3/c1-3-15-6-5-7-16(4-2)23(15)32-25(34)17-8-11-19(12-9-17)31-24-22(30)26(35)33(27(24)36)21-14-18(28)10-13-20(21)29/h5-14,31H,3-4H2,1-2H3,(H,32,34). The number of amides is 3. The maximum absolute atomic E-state index is 13.0. The number of rotatable bonds is 7. The summed E-state index contributed by atoms with van der Waals surface area (Å²) in [4.78, 5) is 39.5. The molecule has 3 aromatic rings. The second kappa shape index (κ2) is 10.7. The van der Waals surface area contributed by atoms with Crippen LogP contribution >= 0.6 is 34.8 Å². The van der Waals surface area contributed by atoms with Crippen LogP contribution in [0.2, 0.25) is 10.0 Å². The molecule has 0 radical (unpaired) electrons. The third-order valence-electron chi connectivity index (χ3n) is 5.83. The van der Waals surface area contributed by atoms with Gasteiger partial charge in [0.05, 0.1) is 10.7 Å². The predicted octanol–water partition coefficient (Wildman–Crippen LogP) is 6.81. The van der Waals surface area contributed by atoms with E-state index in [2.05, 4.69) is 10.6 Å². The lowest BCUT2D eigenvalue weighted by Gasteiger charge is -2.17. The Bertz CT molecular complexity index is 1380. The van der Waals surface area contributed by atoms with E-state index in [1.807, 2.05) is 32.0 Å². The molecule has 0 fully saturated rings. The van der Waals surface area contributed by atoms with Gasteiger partial charge in [-0.25, -0.2) is 4.90 Å². The number of carbonyl (C=O) groups excluding carboxylic acids is 3. The van der Waals surface area contributed by atoms with Crippen LogP contribution < -0.4 is 15.5 Å². The zero-order valence-corrected chi connectivity index (χ0v) is 21.8. The quantitative estimate of drug-likeness (QED) is 0.322. The molecule has 0 aliphatic carbocycles. The largest absolute Gasteiger partial charge is 0.350 e. The Kier molecular flexibility index (Phi) is 7.69. The van der Waals surface area contributed by atoms with Crippen molar-refractivity contribution in [3.05, 3.63) is 98.1 Å². The number of hydrogen-bond acceptors (Lipinski definition) is 4. The molecule has 0 atom stereocenters. The van der Waals surface area contributed by atoms with Gasteiger partial charge in [-0.1, -0.05) is 66.8 Å². The van der Waals surface area contributed by atoms with E-state index in [0.717, 1.165) is 34.6 Å². The minimum Gasteiger partial charge on any atom is -0.350 e. The lowest BCUT2D eigenvalue weighted by Crippen LogP contribution is -2.32. The summed E-state index contributed by atoms with van der Waals surface area (Å²) in [5, 5.41) is 6.13. The molecule has 1 aliphatic rings. The number of aryl methyl sites for hydroxylation is 2. The first-order valence-electron chi connectivity index (χ1n) is 11.3. The molecule has 1 heterocycles. The summed E-state index contributed by atoms with van der Waals surface area (Å²) in [6, 6.07) is 17.0. The minimum atomic E-state index is -0.717. The predicted molar refractivity (Wildman–Crippen MR) is 145 cm³/mol. The highest BCUT2D eigenvalue weighted by Gasteiger charge is 2.40. The summed E-state index contributed by atoms with van der Waals surface area (Å²) in [6.07, 6.45) is 1.60. The molecule has 0 unspecified atom stereocenters. The van der Waals surface area contributed by atoms with E-state index in [1.165, 1.54) is 12.1 Å². The smallest absolute Gasteiger partial charge is 0.283 e. The van der Waals surface area contributed by atoms with Crippen molar-refractivity contribution in [3.8, 4) is 0 Å². The zero-order valence-electron chi connectivity index (χ0n) is 19.5. The summed E-state index contributed by atoms with van der Waals surface area (Å²) >= 11 is 18.4. The molecule has 3 aromatic carbocycles. The first kappa shape index (κ1) is 25.8. The van der Waals surface area contributed by atoms with Crippen molar-refractivity contribution < 1.29 is 14.4 Å². The second-order valence-corrected chi connectivity index (χ2v) is 9.27. The van der Waals surface area contributed by atoms with Crippen LogP contribution in [0.1, 0.15) is 35.3 Å². The Labute approximate surface area is 223 Å². The molecule has 184 valence electrons. The lowest BCUT2D eigenvalue weighted by atomic mass is 10.0. The third kappa shape index (κ3) is 4.98. The number of halogens is 3. The van der Waals surface area contributed by atoms with Crippen LogP contribution in [0.5, 0.6) is 0 Å². The third-order valence-corrected chi connectivity index (χ3v) is 6.74. The molecule has 0 spiro atoms. The summed E-state index contributed by atoms with van der Waals surface area (Å²) in [7, 11) is 0. The number of benzene rings is 3. The van der Waals surface area contributed by atoms with Crippen molar-refractivity contribution in [2.45, 2.75) is 26.7 Å². The topological polar surface area (TPSA) is 78.5 Å². The summed E-state index contributed by atoms with van der Waals surface area (Å²) in [5.74, 6) is -1.63. The van der Waals surface area contributed by atoms with E-state index in [4.69, 9.17) is 34.8 Å². The lowest BCUT2D eigenvalue weighted by molar-refractivity contribution is -0.120. The normalized spacial score (nSPS) is 13.4. The molecule has 0 bridgehead atoms. The van der Waals surface area contributed by atoms with Crippen LogP contribution in [-0.4, -0.2) is 17.7 Å². The molecule has 4 rings (SSSR count). The Balaban J connectivity index is 1.52.